The molecule has 0 aliphatic carbocycles. The average molecular weight is 556 g/mol. The molecule has 0 spiro atoms. The van der Waals surface area contributed by atoms with Crippen molar-refractivity contribution in [3.05, 3.63) is 65.2 Å². The van der Waals surface area contributed by atoms with Crippen LogP contribution in [-0.4, -0.2) is 57.9 Å². The van der Waals surface area contributed by atoms with Gasteiger partial charge in [-0.05, 0) is 68.7 Å². The Labute approximate surface area is 230 Å². The molecule has 2 unspecified atom stereocenters. The van der Waals surface area contributed by atoms with Gasteiger partial charge in [-0.25, -0.2) is 8.42 Å². The molecule has 1 aliphatic heterocycles. The van der Waals surface area contributed by atoms with E-state index >= 15 is 0 Å². The maximum absolute atomic E-state index is 13.7. The number of hydrogen-bond acceptors (Lipinski definition) is 8. The summed E-state index contributed by atoms with van der Waals surface area (Å²) in [5.41, 5.74) is 3.68. The van der Waals surface area contributed by atoms with Crippen LogP contribution < -0.4 is 4.74 Å². The third-order valence-corrected chi connectivity index (χ3v) is 8.91. The van der Waals surface area contributed by atoms with Gasteiger partial charge in [-0.1, -0.05) is 30.3 Å². The first kappa shape index (κ1) is 28.7. The van der Waals surface area contributed by atoms with Gasteiger partial charge in [-0.15, -0.1) is 5.10 Å². The van der Waals surface area contributed by atoms with E-state index in [0.29, 0.717) is 31.6 Å². The highest BCUT2D eigenvalue weighted by Gasteiger charge is 2.35. The number of carbonyl (C=O) groups is 1. The summed E-state index contributed by atoms with van der Waals surface area (Å²) in [6.45, 7) is 9.23. The summed E-state index contributed by atoms with van der Waals surface area (Å²) < 4.78 is 41.9. The second-order valence-corrected chi connectivity index (χ2v) is 11.7. The van der Waals surface area contributed by atoms with Crippen molar-refractivity contribution < 1.29 is 22.7 Å². The number of esters is 1. The van der Waals surface area contributed by atoms with Gasteiger partial charge in [0.05, 0.1) is 31.5 Å². The van der Waals surface area contributed by atoms with E-state index in [1.807, 2.05) is 45.2 Å². The van der Waals surface area contributed by atoms with Gasteiger partial charge < -0.3 is 9.47 Å². The molecule has 1 aliphatic rings. The highest BCUT2D eigenvalue weighted by Crippen LogP contribution is 2.33. The highest BCUT2D eigenvalue weighted by atomic mass is 32.2. The maximum Gasteiger partial charge on any atom is 0.306 e. The minimum Gasteiger partial charge on any atom is -0.488 e. The lowest BCUT2D eigenvalue weighted by molar-refractivity contribution is -0.143. The van der Waals surface area contributed by atoms with Crippen molar-refractivity contribution in [3.63, 3.8) is 0 Å². The third-order valence-electron chi connectivity index (χ3n) is 7.09. The molecular weight excluding hydrogens is 518 g/mol. The number of benzene rings is 1. The summed E-state index contributed by atoms with van der Waals surface area (Å²) >= 11 is 0. The van der Waals surface area contributed by atoms with Crippen molar-refractivity contribution in [1.82, 2.24) is 24.3 Å². The molecule has 3 heterocycles. The predicted octanol–water partition coefficient (Wildman–Crippen LogP) is 4.03. The molecule has 210 valence electrons. The number of aryl methyl sites for hydroxylation is 3. The number of pyridine rings is 1. The molecule has 2 atom stereocenters. The quantitative estimate of drug-likeness (QED) is 0.326. The van der Waals surface area contributed by atoms with Crippen molar-refractivity contribution in [3.8, 4) is 5.75 Å². The average Bonchev–Trinajstić information content (AvgIpc) is 3.35. The molecule has 11 heteroatoms. The lowest BCUT2D eigenvalue weighted by Gasteiger charge is -2.24. The summed E-state index contributed by atoms with van der Waals surface area (Å²) in [5, 5.41) is 8.36. The van der Waals surface area contributed by atoms with Crippen LogP contribution in [0.5, 0.6) is 5.75 Å². The predicted molar refractivity (Wildman–Crippen MR) is 146 cm³/mol. The van der Waals surface area contributed by atoms with Gasteiger partial charge in [0.1, 0.15) is 16.7 Å². The number of nitrogens with zero attached hydrogens (tertiary/aromatic N) is 5. The molecule has 10 nitrogen and oxygen atoms in total. The van der Waals surface area contributed by atoms with E-state index in [-0.39, 0.29) is 42.4 Å². The summed E-state index contributed by atoms with van der Waals surface area (Å²) in [6.07, 6.45) is 6.76. The summed E-state index contributed by atoms with van der Waals surface area (Å²) in [5.74, 6) is -0.0455. The first-order valence-electron chi connectivity index (χ1n) is 13.5. The van der Waals surface area contributed by atoms with Gasteiger partial charge in [-0.2, -0.15) is 4.31 Å². The Hall–Kier alpha value is -3.31. The SMILES string of the molecule is CCOC(=O)CC(CCc1cn(CC)nn1)c1ccc(C)c(CN2CC(CC)Oc3ccncc3S2(=O)=O)c1. The van der Waals surface area contributed by atoms with Crippen LogP contribution in [0.3, 0.4) is 0 Å². The van der Waals surface area contributed by atoms with Crippen molar-refractivity contribution >= 4 is 16.0 Å². The van der Waals surface area contributed by atoms with E-state index in [9.17, 15) is 13.2 Å². The fourth-order valence-electron chi connectivity index (χ4n) is 4.74. The zero-order valence-electron chi connectivity index (χ0n) is 23.0. The topological polar surface area (TPSA) is 117 Å². The second-order valence-electron chi connectivity index (χ2n) is 9.76. The van der Waals surface area contributed by atoms with E-state index < -0.39 is 10.0 Å². The maximum atomic E-state index is 13.7. The summed E-state index contributed by atoms with van der Waals surface area (Å²) in [7, 11) is -3.83. The Balaban J connectivity index is 1.62. The van der Waals surface area contributed by atoms with Gasteiger partial charge >= 0.3 is 5.97 Å². The van der Waals surface area contributed by atoms with Gasteiger partial charge in [0.15, 0.2) is 0 Å². The van der Waals surface area contributed by atoms with Crippen LogP contribution in [0.25, 0.3) is 0 Å². The van der Waals surface area contributed by atoms with E-state index in [0.717, 1.165) is 28.9 Å². The molecule has 4 rings (SSSR count). The van der Waals surface area contributed by atoms with E-state index in [4.69, 9.17) is 9.47 Å². The zero-order valence-corrected chi connectivity index (χ0v) is 23.9. The Morgan fingerprint density at radius 3 is 2.77 bits per heavy atom. The fourth-order valence-corrected chi connectivity index (χ4v) is 6.26. The molecular formula is C28H37N5O5S. The fraction of sp³-hybridized carbons (Fsp3) is 0.500. The van der Waals surface area contributed by atoms with Gasteiger partial charge in [0, 0.05) is 25.5 Å². The second kappa shape index (κ2) is 12.7. The molecule has 0 fully saturated rings. The molecule has 0 saturated heterocycles. The molecule has 39 heavy (non-hydrogen) atoms. The first-order chi connectivity index (χ1) is 18.7. The number of aromatic nitrogens is 4. The van der Waals surface area contributed by atoms with Gasteiger partial charge in [-0.3, -0.25) is 14.5 Å². The number of rotatable bonds is 11. The molecule has 0 amide bonds. The van der Waals surface area contributed by atoms with Crippen LogP contribution in [0.4, 0.5) is 0 Å². The summed E-state index contributed by atoms with van der Waals surface area (Å²) in [6, 6.07) is 7.63. The molecule has 3 aromatic rings. The number of sulfonamides is 1. The smallest absolute Gasteiger partial charge is 0.306 e. The van der Waals surface area contributed by atoms with Gasteiger partial charge in [0.25, 0.3) is 0 Å². The zero-order chi connectivity index (χ0) is 28.0. The van der Waals surface area contributed by atoms with Crippen LogP contribution in [-0.2, 0) is 39.1 Å². The van der Waals surface area contributed by atoms with Crippen LogP contribution >= 0.6 is 0 Å². The van der Waals surface area contributed by atoms with Crippen molar-refractivity contribution in [1.29, 1.82) is 0 Å². The molecule has 0 radical (unpaired) electrons. The van der Waals surface area contributed by atoms with E-state index in [2.05, 4.69) is 15.3 Å². The van der Waals surface area contributed by atoms with Crippen LogP contribution in [0.2, 0.25) is 0 Å². The lowest BCUT2D eigenvalue weighted by atomic mass is 9.88. The molecule has 2 aromatic heterocycles. The minimum atomic E-state index is -3.83. The standard InChI is InChI=1S/C28H37N5O5S/c1-5-25-19-33(39(35,36)27-16-29-13-12-26(27)38-25)17-23-14-21(9-8-20(23)4)22(15-28(34)37-7-3)10-11-24-18-32(6-2)31-30-24/h8-9,12-14,16,18,22,25H,5-7,10-11,15,17,19H2,1-4H3. The van der Waals surface area contributed by atoms with Crippen molar-refractivity contribution in [2.45, 2.75) is 83.4 Å². The molecule has 1 aromatic carbocycles. The molecule has 0 N–H and O–H groups in total. The number of fused-ring (bicyclic) bond motifs is 1. The van der Waals surface area contributed by atoms with Crippen LogP contribution in [0.15, 0.2) is 47.8 Å². The summed E-state index contributed by atoms with van der Waals surface area (Å²) in [4.78, 5) is 16.6. The van der Waals surface area contributed by atoms with Crippen LogP contribution in [0.1, 0.15) is 68.3 Å². The molecule has 0 saturated carbocycles. The normalized spacial score (nSPS) is 17.6. The monoisotopic (exact) mass is 555 g/mol. The Morgan fingerprint density at radius 2 is 2.05 bits per heavy atom. The largest absolute Gasteiger partial charge is 0.488 e. The minimum absolute atomic E-state index is 0.0788. The highest BCUT2D eigenvalue weighted by molar-refractivity contribution is 7.89. The Kier molecular flexibility index (Phi) is 9.34. The lowest BCUT2D eigenvalue weighted by Crippen LogP contribution is -2.36. The Bertz CT molecular complexity index is 1390. The van der Waals surface area contributed by atoms with E-state index in [1.165, 1.54) is 16.7 Å². The number of hydrogen-bond donors (Lipinski definition) is 0. The van der Waals surface area contributed by atoms with Crippen LogP contribution in [0, 0.1) is 6.92 Å². The van der Waals surface area contributed by atoms with Crippen molar-refractivity contribution in [2.24, 2.45) is 0 Å². The Morgan fingerprint density at radius 1 is 1.23 bits per heavy atom. The van der Waals surface area contributed by atoms with E-state index in [1.54, 1.807) is 17.7 Å². The first-order valence-corrected chi connectivity index (χ1v) is 14.9. The number of carbonyl (C=O) groups excluding carboxylic acids is 1. The molecule has 0 bridgehead atoms. The third kappa shape index (κ3) is 6.83. The number of ether oxygens (including phenoxy) is 2. The van der Waals surface area contributed by atoms with Crippen molar-refractivity contribution in [2.75, 3.05) is 13.2 Å². The van der Waals surface area contributed by atoms with Gasteiger partial charge in [0.2, 0.25) is 10.0 Å².